The second kappa shape index (κ2) is 5.58. The van der Waals surface area contributed by atoms with Gasteiger partial charge in [0.25, 0.3) is 0 Å². The maximum atomic E-state index is 6.28. The maximum Gasteiger partial charge on any atom is 0.157 e. The van der Waals surface area contributed by atoms with Gasteiger partial charge in [-0.15, -0.1) is 0 Å². The van der Waals surface area contributed by atoms with Crippen LogP contribution < -0.4 is 10.6 Å². The first-order chi connectivity index (χ1) is 10.2. The Morgan fingerprint density at radius 2 is 1.86 bits per heavy atom. The van der Waals surface area contributed by atoms with E-state index in [9.17, 15) is 0 Å². The third-order valence-corrected chi connectivity index (χ3v) is 3.79. The maximum absolute atomic E-state index is 6.28. The van der Waals surface area contributed by atoms with Crippen molar-refractivity contribution in [1.29, 1.82) is 0 Å². The molecular weight excluding hydrogens is 284 g/mol. The molecule has 2 N–H and O–H groups in total. The molecule has 0 amide bonds. The van der Waals surface area contributed by atoms with Gasteiger partial charge < -0.3 is 10.6 Å². The molecule has 0 atom stereocenters. The molecule has 0 aliphatic carbocycles. The predicted molar refractivity (Wildman–Crippen MR) is 88.1 cm³/mol. The summed E-state index contributed by atoms with van der Waals surface area (Å²) in [6, 6.07) is 14.4. The van der Waals surface area contributed by atoms with Crippen LogP contribution in [-0.4, -0.2) is 16.5 Å². The van der Waals surface area contributed by atoms with Gasteiger partial charge in [0.05, 0.1) is 5.69 Å². The van der Waals surface area contributed by atoms with Crippen LogP contribution in [0.3, 0.4) is 0 Å². The quantitative estimate of drug-likeness (QED) is 0.793. The largest absolute Gasteiger partial charge is 0.382 e. The summed E-state index contributed by atoms with van der Waals surface area (Å²) < 4.78 is 0. The molecule has 0 aliphatic heterocycles. The van der Waals surface area contributed by atoms with Gasteiger partial charge in [0.1, 0.15) is 17.2 Å². The van der Waals surface area contributed by atoms with Crippen molar-refractivity contribution in [3.05, 3.63) is 53.8 Å². The molecule has 0 fully saturated rings. The van der Waals surface area contributed by atoms with E-state index in [1.807, 2.05) is 23.1 Å². The van der Waals surface area contributed by atoms with Crippen molar-refractivity contribution in [3.63, 3.8) is 0 Å². The van der Waals surface area contributed by atoms with Crippen LogP contribution in [0.2, 0.25) is 5.02 Å². The third-order valence-electron chi connectivity index (χ3n) is 3.43. The van der Waals surface area contributed by atoms with E-state index in [0.717, 1.165) is 17.6 Å². The molecule has 5 heteroatoms. The fourth-order valence-corrected chi connectivity index (χ4v) is 2.64. The minimum Gasteiger partial charge on any atom is -0.382 e. The van der Waals surface area contributed by atoms with E-state index in [-0.39, 0.29) is 0 Å². The number of hydrogen-bond acceptors (Lipinski definition) is 4. The van der Waals surface area contributed by atoms with E-state index in [1.165, 1.54) is 11.7 Å². The van der Waals surface area contributed by atoms with Crippen LogP contribution in [0.15, 0.2) is 48.8 Å². The van der Waals surface area contributed by atoms with Gasteiger partial charge in [0, 0.05) is 11.9 Å². The van der Waals surface area contributed by atoms with Crippen molar-refractivity contribution in [2.45, 2.75) is 6.92 Å². The van der Waals surface area contributed by atoms with Crippen LogP contribution in [0.4, 0.5) is 17.3 Å². The van der Waals surface area contributed by atoms with Gasteiger partial charge in [-0.25, -0.2) is 9.97 Å². The average molecular weight is 299 g/mol. The number of nitrogen functional groups attached to an aromatic ring is 1. The van der Waals surface area contributed by atoms with Crippen molar-refractivity contribution in [2.24, 2.45) is 0 Å². The van der Waals surface area contributed by atoms with Gasteiger partial charge in [0.15, 0.2) is 5.82 Å². The predicted octanol–water partition coefficient (Wildman–Crippen LogP) is 4.02. The normalized spacial score (nSPS) is 10.8. The highest BCUT2D eigenvalue weighted by molar-refractivity contribution is 6.35. The van der Waals surface area contributed by atoms with Crippen LogP contribution in [0.25, 0.3) is 10.8 Å². The molecule has 0 aliphatic rings. The number of aromatic nitrogens is 2. The summed E-state index contributed by atoms with van der Waals surface area (Å²) >= 11 is 6.28. The lowest BCUT2D eigenvalue weighted by molar-refractivity contribution is 0.983. The average Bonchev–Trinajstić information content (AvgIpc) is 2.52. The fraction of sp³-hybridized carbons (Fsp3) is 0.125. The van der Waals surface area contributed by atoms with Crippen molar-refractivity contribution in [2.75, 3.05) is 17.2 Å². The number of nitrogens with two attached hydrogens (primary N) is 1. The molecule has 1 heterocycles. The second-order valence-corrected chi connectivity index (χ2v) is 5.02. The van der Waals surface area contributed by atoms with Gasteiger partial charge in [0.2, 0.25) is 0 Å². The number of rotatable bonds is 3. The van der Waals surface area contributed by atoms with Gasteiger partial charge in [-0.2, -0.15) is 0 Å². The number of benzene rings is 2. The van der Waals surface area contributed by atoms with E-state index in [1.54, 1.807) is 0 Å². The topological polar surface area (TPSA) is 55.0 Å². The first-order valence-corrected chi connectivity index (χ1v) is 7.11. The van der Waals surface area contributed by atoms with Crippen molar-refractivity contribution >= 4 is 39.7 Å². The summed E-state index contributed by atoms with van der Waals surface area (Å²) in [4.78, 5) is 10.3. The molecule has 0 bridgehead atoms. The minimum absolute atomic E-state index is 0.292. The molecule has 0 radical (unpaired) electrons. The fourth-order valence-electron chi connectivity index (χ4n) is 2.44. The van der Waals surface area contributed by atoms with Crippen LogP contribution >= 0.6 is 11.6 Å². The molecule has 3 rings (SSSR count). The Balaban J connectivity index is 2.21. The van der Waals surface area contributed by atoms with E-state index in [2.05, 4.69) is 41.2 Å². The molecule has 4 nitrogen and oxygen atoms in total. The summed E-state index contributed by atoms with van der Waals surface area (Å²) in [6.07, 6.45) is 1.43. The van der Waals surface area contributed by atoms with Crippen LogP contribution in [0.1, 0.15) is 6.92 Å². The van der Waals surface area contributed by atoms with Crippen LogP contribution in [-0.2, 0) is 0 Å². The first kappa shape index (κ1) is 13.6. The third kappa shape index (κ3) is 2.38. The van der Waals surface area contributed by atoms with Gasteiger partial charge in [-0.1, -0.05) is 48.0 Å². The lowest BCUT2D eigenvalue weighted by Crippen LogP contribution is -2.18. The summed E-state index contributed by atoms with van der Waals surface area (Å²) in [5, 5.41) is 2.70. The SMILES string of the molecule is CCN(c1ncnc(N)c1Cl)c1cccc2ccccc12. The Bertz CT molecular complexity index is 783. The van der Waals surface area contributed by atoms with E-state index >= 15 is 0 Å². The lowest BCUT2D eigenvalue weighted by atomic mass is 10.1. The highest BCUT2D eigenvalue weighted by Gasteiger charge is 2.16. The zero-order valence-electron chi connectivity index (χ0n) is 11.6. The second-order valence-electron chi connectivity index (χ2n) is 4.64. The zero-order valence-corrected chi connectivity index (χ0v) is 12.4. The molecule has 21 heavy (non-hydrogen) atoms. The molecular formula is C16H15ClN4. The Morgan fingerprint density at radius 3 is 2.67 bits per heavy atom. The number of hydrogen-bond donors (Lipinski definition) is 1. The standard InChI is InChI=1S/C16H15ClN4/c1-2-21(16-14(17)15(18)19-10-20-16)13-9-5-7-11-6-3-4-8-12(11)13/h3-10H,2H2,1H3,(H2,18,19,20). The Kier molecular flexibility index (Phi) is 3.62. The van der Waals surface area contributed by atoms with Crippen molar-refractivity contribution in [1.82, 2.24) is 9.97 Å². The lowest BCUT2D eigenvalue weighted by Gasteiger charge is -2.24. The number of halogens is 1. The van der Waals surface area contributed by atoms with Gasteiger partial charge >= 0.3 is 0 Å². The summed E-state index contributed by atoms with van der Waals surface area (Å²) in [7, 11) is 0. The molecule has 0 saturated heterocycles. The van der Waals surface area contributed by atoms with Gasteiger partial charge in [-0.05, 0) is 18.4 Å². The molecule has 0 saturated carbocycles. The van der Waals surface area contributed by atoms with E-state index in [4.69, 9.17) is 17.3 Å². The summed E-state index contributed by atoms with van der Waals surface area (Å²) in [5.74, 6) is 0.920. The molecule has 0 spiro atoms. The number of nitrogens with zero attached hydrogens (tertiary/aromatic N) is 3. The van der Waals surface area contributed by atoms with E-state index < -0.39 is 0 Å². The molecule has 2 aromatic carbocycles. The van der Waals surface area contributed by atoms with Crippen molar-refractivity contribution < 1.29 is 0 Å². The monoisotopic (exact) mass is 298 g/mol. The van der Waals surface area contributed by atoms with Gasteiger partial charge in [-0.3, -0.25) is 0 Å². The van der Waals surface area contributed by atoms with Crippen molar-refractivity contribution in [3.8, 4) is 0 Å². The van der Waals surface area contributed by atoms with Crippen LogP contribution in [0.5, 0.6) is 0 Å². The molecule has 1 aromatic heterocycles. The number of anilines is 3. The Labute approximate surface area is 128 Å². The zero-order chi connectivity index (χ0) is 14.8. The Morgan fingerprint density at radius 1 is 1.10 bits per heavy atom. The highest BCUT2D eigenvalue weighted by atomic mass is 35.5. The van der Waals surface area contributed by atoms with Crippen LogP contribution in [0, 0.1) is 0 Å². The summed E-state index contributed by atoms with van der Waals surface area (Å²) in [6.45, 7) is 2.78. The highest BCUT2D eigenvalue weighted by Crippen LogP contribution is 2.35. The molecule has 3 aromatic rings. The summed E-state index contributed by atoms with van der Waals surface area (Å²) in [5.41, 5.74) is 6.85. The minimum atomic E-state index is 0.292. The molecule has 106 valence electrons. The smallest absolute Gasteiger partial charge is 0.157 e. The molecule has 0 unspecified atom stereocenters. The number of fused-ring (bicyclic) bond motifs is 1. The Hall–Kier alpha value is -2.33. The first-order valence-electron chi connectivity index (χ1n) is 6.73. The van der Waals surface area contributed by atoms with E-state index in [0.29, 0.717) is 16.7 Å².